The summed E-state index contributed by atoms with van der Waals surface area (Å²) in [4.78, 5) is 11.4. The van der Waals surface area contributed by atoms with E-state index in [1.54, 1.807) is 17.5 Å². The summed E-state index contributed by atoms with van der Waals surface area (Å²) in [6.07, 6.45) is -4.56. The van der Waals surface area contributed by atoms with Gasteiger partial charge in [-0.05, 0) is 35.2 Å². The van der Waals surface area contributed by atoms with Crippen LogP contribution in [-0.2, 0) is 6.18 Å². The molecule has 0 atom stereocenters. The van der Waals surface area contributed by atoms with Crippen LogP contribution in [-0.4, -0.2) is 11.1 Å². The van der Waals surface area contributed by atoms with Gasteiger partial charge in [-0.2, -0.15) is 13.2 Å². The van der Waals surface area contributed by atoms with Crippen molar-refractivity contribution in [1.29, 1.82) is 0 Å². The summed E-state index contributed by atoms with van der Waals surface area (Å²) in [6.45, 7) is 0. The van der Waals surface area contributed by atoms with Crippen LogP contribution in [0.5, 0.6) is 0 Å². The lowest BCUT2D eigenvalue weighted by Crippen LogP contribution is -2.07. The first-order chi connectivity index (χ1) is 8.38. The molecule has 0 aliphatic rings. The fourth-order valence-corrected chi connectivity index (χ4v) is 2.21. The Hall–Kier alpha value is -1.82. The molecule has 1 heterocycles. The van der Waals surface area contributed by atoms with Gasteiger partial charge >= 0.3 is 12.1 Å². The van der Waals surface area contributed by atoms with Gasteiger partial charge in [-0.3, -0.25) is 0 Å². The second kappa shape index (κ2) is 4.45. The molecular formula is C12H7F3O2S. The van der Waals surface area contributed by atoms with Crippen molar-refractivity contribution >= 4 is 17.3 Å². The number of benzene rings is 1. The van der Waals surface area contributed by atoms with E-state index in [-0.39, 0.29) is 11.1 Å². The van der Waals surface area contributed by atoms with Crippen molar-refractivity contribution in [3.8, 4) is 10.4 Å². The van der Waals surface area contributed by atoms with Gasteiger partial charge in [0, 0.05) is 4.88 Å². The normalized spacial score (nSPS) is 11.5. The van der Waals surface area contributed by atoms with Crippen molar-refractivity contribution in [3.63, 3.8) is 0 Å². The number of hydrogen-bond acceptors (Lipinski definition) is 2. The van der Waals surface area contributed by atoms with E-state index in [2.05, 4.69) is 0 Å². The minimum Gasteiger partial charge on any atom is -0.478 e. The second-order valence-corrected chi connectivity index (χ2v) is 4.53. The summed E-state index contributed by atoms with van der Waals surface area (Å²) in [5, 5.41) is 10.6. The van der Waals surface area contributed by atoms with E-state index in [1.165, 1.54) is 17.4 Å². The number of carboxylic acid groups (broad SMARTS) is 1. The van der Waals surface area contributed by atoms with Crippen molar-refractivity contribution in [2.75, 3.05) is 0 Å². The molecule has 1 aromatic heterocycles. The molecule has 1 aromatic carbocycles. The molecule has 0 aliphatic carbocycles. The van der Waals surface area contributed by atoms with E-state index in [4.69, 9.17) is 5.11 Å². The molecule has 2 rings (SSSR count). The lowest BCUT2D eigenvalue weighted by molar-refractivity contribution is -0.137. The number of halogens is 3. The van der Waals surface area contributed by atoms with Gasteiger partial charge in [0.15, 0.2) is 0 Å². The minimum absolute atomic E-state index is 0.261. The third kappa shape index (κ3) is 2.53. The lowest BCUT2D eigenvalue weighted by atomic mass is 10.0. The van der Waals surface area contributed by atoms with E-state index < -0.39 is 17.7 Å². The molecule has 0 radical (unpaired) electrons. The number of hydrogen-bond donors (Lipinski definition) is 1. The van der Waals surface area contributed by atoms with Crippen LogP contribution in [0, 0.1) is 0 Å². The summed E-state index contributed by atoms with van der Waals surface area (Å²) >= 11 is 1.26. The van der Waals surface area contributed by atoms with Crippen molar-refractivity contribution in [1.82, 2.24) is 0 Å². The van der Waals surface area contributed by atoms with Gasteiger partial charge in [-0.25, -0.2) is 4.79 Å². The quantitative estimate of drug-likeness (QED) is 0.892. The molecule has 0 spiro atoms. The first-order valence-electron chi connectivity index (χ1n) is 4.87. The number of carboxylic acids is 1. The summed E-state index contributed by atoms with van der Waals surface area (Å²) < 4.78 is 38.0. The van der Waals surface area contributed by atoms with Gasteiger partial charge in [-0.1, -0.05) is 6.07 Å². The highest BCUT2D eigenvalue weighted by atomic mass is 32.1. The molecule has 1 N–H and O–H groups in total. The maximum absolute atomic E-state index is 12.7. The maximum atomic E-state index is 12.7. The Kier molecular flexibility index (Phi) is 3.13. The second-order valence-electron chi connectivity index (χ2n) is 3.58. The fourth-order valence-electron chi connectivity index (χ4n) is 1.50. The van der Waals surface area contributed by atoms with Gasteiger partial charge in [0.1, 0.15) is 0 Å². The van der Waals surface area contributed by atoms with E-state index in [1.807, 2.05) is 0 Å². The molecule has 2 nitrogen and oxygen atoms in total. The fraction of sp³-hybridized carbons (Fsp3) is 0.0833. The number of carbonyl (C=O) groups is 1. The first-order valence-corrected chi connectivity index (χ1v) is 5.75. The Morgan fingerprint density at radius 3 is 2.44 bits per heavy atom. The van der Waals surface area contributed by atoms with Gasteiger partial charge in [0.05, 0.1) is 11.1 Å². The topological polar surface area (TPSA) is 37.3 Å². The zero-order valence-corrected chi connectivity index (χ0v) is 9.68. The van der Waals surface area contributed by atoms with Crippen molar-refractivity contribution in [2.45, 2.75) is 6.18 Å². The Bertz CT molecular complexity index is 574. The molecule has 0 saturated heterocycles. The van der Waals surface area contributed by atoms with Crippen LogP contribution in [0.25, 0.3) is 10.4 Å². The Morgan fingerprint density at radius 1 is 1.22 bits per heavy atom. The SMILES string of the molecule is O=C(O)c1cc(-c2cccs2)cc(C(F)(F)F)c1. The zero-order chi connectivity index (χ0) is 13.3. The van der Waals surface area contributed by atoms with Crippen LogP contribution in [0.1, 0.15) is 15.9 Å². The molecule has 2 aromatic rings. The number of alkyl halides is 3. The zero-order valence-electron chi connectivity index (χ0n) is 8.86. The van der Waals surface area contributed by atoms with Gasteiger partial charge < -0.3 is 5.11 Å². The molecule has 0 bridgehead atoms. The predicted octanol–water partition coefficient (Wildman–Crippen LogP) is 4.13. The Labute approximate surface area is 104 Å². The summed E-state index contributed by atoms with van der Waals surface area (Å²) in [7, 11) is 0. The molecule has 18 heavy (non-hydrogen) atoms. The van der Waals surface area contributed by atoms with Crippen LogP contribution in [0.3, 0.4) is 0 Å². The summed E-state index contributed by atoms with van der Waals surface area (Å²) in [5.74, 6) is -1.38. The monoisotopic (exact) mass is 272 g/mol. The molecule has 94 valence electrons. The number of rotatable bonds is 2. The summed E-state index contributed by atoms with van der Waals surface area (Å²) in [5.41, 5.74) is -1.06. The largest absolute Gasteiger partial charge is 0.478 e. The van der Waals surface area contributed by atoms with E-state index in [9.17, 15) is 18.0 Å². The molecule has 0 amide bonds. The van der Waals surface area contributed by atoms with Gasteiger partial charge in [-0.15, -0.1) is 11.3 Å². The van der Waals surface area contributed by atoms with Crippen LogP contribution < -0.4 is 0 Å². The molecule has 0 fully saturated rings. The molecule has 0 unspecified atom stereocenters. The van der Waals surface area contributed by atoms with E-state index >= 15 is 0 Å². The van der Waals surface area contributed by atoms with Crippen molar-refractivity contribution in [2.24, 2.45) is 0 Å². The average molecular weight is 272 g/mol. The third-order valence-corrected chi connectivity index (χ3v) is 3.23. The average Bonchev–Trinajstić information content (AvgIpc) is 2.80. The Balaban J connectivity index is 2.61. The van der Waals surface area contributed by atoms with Crippen LogP contribution in [0.15, 0.2) is 35.7 Å². The molecule has 0 saturated carbocycles. The summed E-state index contributed by atoms with van der Waals surface area (Å²) in [6, 6.07) is 6.17. The molecule has 0 aliphatic heterocycles. The van der Waals surface area contributed by atoms with Crippen molar-refractivity contribution < 1.29 is 23.1 Å². The molecule has 6 heteroatoms. The van der Waals surface area contributed by atoms with Crippen molar-refractivity contribution in [3.05, 3.63) is 46.8 Å². The van der Waals surface area contributed by atoms with Gasteiger partial charge in [0.2, 0.25) is 0 Å². The number of aromatic carboxylic acids is 1. The Morgan fingerprint density at radius 2 is 1.94 bits per heavy atom. The lowest BCUT2D eigenvalue weighted by Gasteiger charge is -2.09. The van der Waals surface area contributed by atoms with E-state index in [0.717, 1.165) is 6.07 Å². The first kappa shape index (κ1) is 12.6. The van der Waals surface area contributed by atoms with Gasteiger partial charge in [0.25, 0.3) is 0 Å². The van der Waals surface area contributed by atoms with Crippen LogP contribution >= 0.6 is 11.3 Å². The minimum atomic E-state index is -4.56. The highest BCUT2D eigenvalue weighted by Gasteiger charge is 2.32. The maximum Gasteiger partial charge on any atom is 0.416 e. The standard InChI is InChI=1S/C12H7F3O2S/c13-12(14,15)9-5-7(10-2-1-3-18-10)4-8(6-9)11(16)17/h1-6H,(H,16,17). The third-order valence-electron chi connectivity index (χ3n) is 2.31. The highest BCUT2D eigenvalue weighted by Crippen LogP contribution is 2.34. The highest BCUT2D eigenvalue weighted by molar-refractivity contribution is 7.13. The predicted molar refractivity (Wildman–Crippen MR) is 61.7 cm³/mol. The van der Waals surface area contributed by atoms with Crippen LogP contribution in [0.4, 0.5) is 13.2 Å². The van der Waals surface area contributed by atoms with E-state index in [0.29, 0.717) is 10.9 Å². The smallest absolute Gasteiger partial charge is 0.416 e. The molecular weight excluding hydrogens is 265 g/mol. The number of thiophene rings is 1. The van der Waals surface area contributed by atoms with Crippen LogP contribution in [0.2, 0.25) is 0 Å².